The number of carbonyl (C=O) groups is 1. The first-order valence-electron chi connectivity index (χ1n) is 5.43. The van der Waals surface area contributed by atoms with E-state index in [9.17, 15) is 13.6 Å². The molecule has 19 heavy (non-hydrogen) atoms. The first-order valence-corrected chi connectivity index (χ1v) is 5.81. The summed E-state index contributed by atoms with van der Waals surface area (Å²) in [6.07, 6.45) is -0.557. The van der Waals surface area contributed by atoms with Gasteiger partial charge in [0.1, 0.15) is 11.6 Å². The zero-order valence-corrected chi connectivity index (χ0v) is 10.4. The van der Waals surface area contributed by atoms with E-state index in [1.807, 2.05) is 0 Å². The fourth-order valence-corrected chi connectivity index (χ4v) is 1.95. The number of carboxylic acid groups (broad SMARTS) is 1. The maximum Gasteiger partial charge on any atom is 0.307 e. The van der Waals surface area contributed by atoms with Crippen LogP contribution in [0.25, 0.3) is 11.1 Å². The summed E-state index contributed by atoms with van der Waals surface area (Å²) < 4.78 is 27.6. The molecule has 1 N–H and O–H groups in total. The van der Waals surface area contributed by atoms with Crippen molar-refractivity contribution in [1.82, 2.24) is 0 Å². The average Bonchev–Trinajstić information content (AvgIpc) is 2.32. The molecule has 0 bridgehead atoms. The second-order valence-electron chi connectivity index (χ2n) is 4.00. The first-order chi connectivity index (χ1) is 8.97. The molecule has 5 heteroatoms. The van der Waals surface area contributed by atoms with Crippen molar-refractivity contribution in [3.05, 3.63) is 58.6 Å². The quantitative estimate of drug-likeness (QED) is 0.926. The number of halogens is 3. The highest BCUT2D eigenvalue weighted by molar-refractivity contribution is 6.30. The SMILES string of the molecule is O=C(O)Cc1cc(F)c(-c2cccc(Cl)c2)cc1F. The van der Waals surface area contributed by atoms with Crippen LogP contribution in [0.2, 0.25) is 5.02 Å². The Balaban J connectivity index is 2.49. The lowest BCUT2D eigenvalue weighted by molar-refractivity contribution is -0.136. The zero-order chi connectivity index (χ0) is 14.0. The third kappa shape index (κ3) is 3.09. The molecule has 0 spiro atoms. The highest BCUT2D eigenvalue weighted by Crippen LogP contribution is 2.27. The molecule has 0 aliphatic rings. The summed E-state index contributed by atoms with van der Waals surface area (Å²) >= 11 is 5.79. The van der Waals surface area contributed by atoms with Crippen LogP contribution in [-0.2, 0) is 11.2 Å². The monoisotopic (exact) mass is 282 g/mol. The lowest BCUT2D eigenvalue weighted by atomic mass is 10.0. The van der Waals surface area contributed by atoms with Gasteiger partial charge < -0.3 is 5.11 Å². The van der Waals surface area contributed by atoms with Crippen LogP contribution < -0.4 is 0 Å². The maximum absolute atomic E-state index is 13.9. The summed E-state index contributed by atoms with van der Waals surface area (Å²) in [5.41, 5.74) is 0.302. The Hall–Kier alpha value is -1.94. The van der Waals surface area contributed by atoms with Crippen molar-refractivity contribution in [3.63, 3.8) is 0 Å². The number of hydrogen-bond acceptors (Lipinski definition) is 1. The summed E-state index contributed by atoms with van der Waals surface area (Å²) in [7, 11) is 0. The van der Waals surface area contributed by atoms with Gasteiger partial charge in [-0.05, 0) is 29.8 Å². The molecule has 2 aromatic rings. The van der Waals surface area contributed by atoms with Gasteiger partial charge in [0.15, 0.2) is 0 Å². The van der Waals surface area contributed by atoms with Gasteiger partial charge in [-0.15, -0.1) is 0 Å². The molecule has 2 rings (SSSR count). The van der Waals surface area contributed by atoms with Crippen molar-refractivity contribution in [3.8, 4) is 11.1 Å². The Kier molecular flexibility index (Phi) is 3.81. The zero-order valence-electron chi connectivity index (χ0n) is 9.66. The van der Waals surface area contributed by atoms with E-state index in [0.29, 0.717) is 10.6 Å². The molecule has 0 saturated heterocycles. The summed E-state index contributed by atoms with van der Waals surface area (Å²) in [4.78, 5) is 10.5. The molecule has 0 heterocycles. The Bertz CT molecular complexity index is 641. The van der Waals surface area contributed by atoms with Gasteiger partial charge in [-0.25, -0.2) is 8.78 Å². The average molecular weight is 283 g/mol. The van der Waals surface area contributed by atoms with Crippen LogP contribution >= 0.6 is 11.6 Å². The van der Waals surface area contributed by atoms with E-state index in [2.05, 4.69) is 0 Å². The number of rotatable bonds is 3. The minimum atomic E-state index is -1.21. The van der Waals surface area contributed by atoms with E-state index in [4.69, 9.17) is 16.7 Å². The largest absolute Gasteiger partial charge is 0.481 e. The summed E-state index contributed by atoms with van der Waals surface area (Å²) in [6, 6.07) is 8.24. The number of aliphatic carboxylic acids is 1. The molecule has 0 unspecified atom stereocenters. The van der Waals surface area contributed by atoms with Crippen LogP contribution in [0.1, 0.15) is 5.56 Å². The highest BCUT2D eigenvalue weighted by Gasteiger charge is 2.13. The molecule has 0 aliphatic carbocycles. The number of carboxylic acids is 1. The van der Waals surface area contributed by atoms with Crippen LogP contribution in [0.4, 0.5) is 8.78 Å². The van der Waals surface area contributed by atoms with Crippen molar-refractivity contribution in [2.45, 2.75) is 6.42 Å². The van der Waals surface area contributed by atoms with Crippen LogP contribution in [0, 0.1) is 11.6 Å². The normalized spacial score (nSPS) is 10.5. The maximum atomic E-state index is 13.9. The van der Waals surface area contributed by atoms with Gasteiger partial charge in [-0.3, -0.25) is 4.79 Å². The van der Waals surface area contributed by atoms with Gasteiger partial charge in [-0.2, -0.15) is 0 Å². The van der Waals surface area contributed by atoms with Crippen LogP contribution in [0.15, 0.2) is 36.4 Å². The lowest BCUT2D eigenvalue weighted by Gasteiger charge is -2.07. The third-order valence-electron chi connectivity index (χ3n) is 2.61. The fourth-order valence-electron chi connectivity index (χ4n) is 1.76. The topological polar surface area (TPSA) is 37.3 Å². The van der Waals surface area contributed by atoms with Gasteiger partial charge in [0.2, 0.25) is 0 Å². The predicted octanol–water partition coefficient (Wildman–Crippen LogP) is 3.91. The Morgan fingerprint density at radius 3 is 2.53 bits per heavy atom. The molecule has 0 atom stereocenters. The second kappa shape index (κ2) is 5.36. The van der Waals surface area contributed by atoms with Gasteiger partial charge in [-0.1, -0.05) is 23.7 Å². The summed E-state index contributed by atoms with van der Waals surface area (Å²) in [5.74, 6) is -2.65. The lowest BCUT2D eigenvalue weighted by Crippen LogP contribution is -2.03. The third-order valence-corrected chi connectivity index (χ3v) is 2.85. The molecule has 0 amide bonds. The minimum absolute atomic E-state index is 0.0501. The number of benzene rings is 2. The van der Waals surface area contributed by atoms with Crippen LogP contribution in [-0.4, -0.2) is 11.1 Å². The van der Waals surface area contributed by atoms with Gasteiger partial charge in [0.25, 0.3) is 0 Å². The molecule has 0 fully saturated rings. The standard InChI is InChI=1S/C14H9ClF2O2/c15-10-3-1-2-8(4-10)11-7-12(16)9(5-13(11)17)6-14(18)19/h1-5,7H,6H2,(H,18,19). The molecule has 0 aromatic heterocycles. The molecule has 98 valence electrons. The van der Waals surface area contributed by atoms with E-state index in [0.717, 1.165) is 12.1 Å². The molecule has 0 radical (unpaired) electrons. The van der Waals surface area contributed by atoms with Crippen molar-refractivity contribution in [1.29, 1.82) is 0 Å². The molecular formula is C14H9ClF2O2. The molecule has 2 nitrogen and oxygen atoms in total. The van der Waals surface area contributed by atoms with Crippen LogP contribution in [0.5, 0.6) is 0 Å². The fraction of sp³-hybridized carbons (Fsp3) is 0.0714. The van der Waals surface area contributed by atoms with E-state index < -0.39 is 24.0 Å². The summed E-state index contributed by atoms with van der Waals surface area (Å²) in [5, 5.41) is 9.01. The Labute approximate surface area is 113 Å². The second-order valence-corrected chi connectivity index (χ2v) is 4.44. The highest BCUT2D eigenvalue weighted by atomic mass is 35.5. The van der Waals surface area contributed by atoms with E-state index in [1.165, 1.54) is 6.07 Å². The van der Waals surface area contributed by atoms with Gasteiger partial charge >= 0.3 is 5.97 Å². The molecule has 0 aliphatic heterocycles. The Morgan fingerprint density at radius 2 is 1.89 bits per heavy atom. The molecule has 2 aromatic carbocycles. The minimum Gasteiger partial charge on any atom is -0.481 e. The van der Waals surface area contributed by atoms with E-state index in [1.54, 1.807) is 18.2 Å². The molecular weight excluding hydrogens is 274 g/mol. The Morgan fingerprint density at radius 1 is 1.16 bits per heavy atom. The number of hydrogen-bond donors (Lipinski definition) is 1. The van der Waals surface area contributed by atoms with E-state index in [-0.39, 0.29) is 11.1 Å². The molecule has 0 saturated carbocycles. The smallest absolute Gasteiger partial charge is 0.307 e. The van der Waals surface area contributed by atoms with E-state index >= 15 is 0 Å². The van der Waals surface area contributed by atoms with Crippen molar-refractivity contribution in [2.75, 3.05) is 0 Å². The van der Waals surface area contributed by atoms with Crippen molar-refractivity contribution < 1.29 is 18.7 Å². The van der Waals surface area contributed by atoms with Crippen LogP contribution in [0.3, 0.4) is 0 Å². The van der Waals surface area contributed by atoms with Crippen molar-refractivity contribution >= 4 is 17.6 Å². The van der Waals surface area contributed by atoms with Gasteiger partial charge in [0, 0.05) is 16.1 Å². The first kappa shape index (κ1) is 13.5. The van der Waals surface area contributed by atoms with Crippen molar-refractivity contribution in [2.24, 2.45) is 0 Å². The summed E-state index contributed by atoms with van der Waals surface area (Å²) in [6.45, 7) is 0. The van der Waals surface area contributed by atoms with Gasteiger partial charge in [0.05, 0.1) is 6.42 Å². The predicted molar refractivity (Wildman–Crippen MR) is 68.1 cm³/mol.